The Labute approximate surface area is 281 Å². The number of nitrogens with one attached hydrogen (secondary N) is 1. The number of benzene rings is 1. The quantitative estimate of drug-likeness (QED) is 0.0734. The third kappa shape index (κ3) is 9.77. The lowest BCUT2D eigenvalue weighted by Gasteiger charge is -2.26. The number of ether oxygens (including phenoxy) is 2. The molecule has 1 aromatic carbocycles. The smallest absolute Gasteiger partial charge is 0.208 e. The topological polar surface area (TPSA) is 153 Å². The Morgan fingerprint density at radius 3 is 2.79 bits per heavy atom. The van der Waals surface area contributed by atoms with Crippen molar-refractivity contribution < 1.29 is 29.9 Å². The number of aliphatic hydroxyl groups excluding tert-OH is 3. The number of rotatable bonds is 19. The molecule has 1 aromatic rings. The second-order valence-corrected chi connectivity index (χ2v) is 14.1. The van der Waals surface area contributed by atoms with Crippen LogP contribution in [0.2, 0.25) is 0 Å². The van der Waals surface area contributed by atoms with E-state index in [9.17, 15) is 20.4 Å². The highest BCUT2D eigenvalue weighted by Gasteiger charge is 2.49. The zero-order valence-corrected chi connectivity index (χ0v) is 28.2. The van der Waals surface area contributed by atoms with E-state index in [4.69, 9.17) is 20.2 Å². The van der Waals surface area contributed by atoms with E-state index in [1.807, 2.05) is 18.2 Å². The van der Waals surface area contributed by atoms with Crippen molar-refractivity contribution in [1.29, 1.82) is 0 Å². The third-order valence-corrected chi connectivity index (χ3v) is 10.5. The van der Waals surface area contributed by atoms with Gasteiger partial charge in [0.05, 0.1) is 18.1 Å². The van der Waals surface area contributed by atoms with E-state index in [0.29, 0.717) is 35.7 Å². The number of unbranched alkanes of at least 4 members (excludes halogenated alkanes) is 4. The van der Waals surface area contributed by atoms with Gasteiger partial charge in [0.2, 0.25) is 5.70 Å². The van der Waals surface area contributed by atoms with E-state index in [-0.39, 0.29) is 25.1 Å². The average molecular weight is 653 g/mol. The third-order valence-electron chi connectivity index (χ3n) is 10.5. The fourth-order valence-electron chi connectivity index (χ4n) is 7.94. The largest absolute Gasteiger partial charge is 0.504 e. The minimum atomic E-state index is -0.914. The lowest BCUT2D eigenvalue weighted by atomic mass is 9.77. The molecule has 0 spiro atoms. The van der Waals surface area contributed by atoms with Crippen molar-refractivity contribution in [2.75, 3.05) is 32.8 Å². The molecule has 6 unspecified atom stereocenters. The summed E-state index contributed by atoms with van der Waals surface area (Å²) in [5.74, 6) is 3.25. The molecular weight excluding hydrogens is 594 g/mol. The van der Waals surface area contributed by atoms with E-state index in [1.54, 1.807) is 13.0 Å². The summed E-state index contributed by atoms with van der Waals surface area (Å²) in [4.78, 5) is 4.90. The van der Waals surface area contributed by atoms with Gasteiger partial charge in [-0.1, -0.05) is 38.2 Å². The number of nitrogens with two attached hydrogens (primary N) is 1. The SMILES string of the molecule is CC(O)CNCC1[C+]2C=C(C(O)COc3cc(CC[C-]4C=C(CO)C(CCCCCCCN)[OH+]4)ccc3O)N=C2CCC2CCCC21. The monoisotopic (exact) mass is 652 g/mol. The van der Waals surface area contributed by atoms with Gasteiger partial charge in [0.15, 0.2) is 17.6 Å². The van der Waals surface area contributed by atoms with E-state index in [2.05, 4.69) is 11.4 Å². The maximum absolute atomic E-state index is 11.2. The Kier molecular flexibility index (Phi) is 13.5. The van der Waals surface area contributed by atoms with Crippen LogP contribution >= 0.6 is 0 Å². The number of aliphatic hydroxyl groups is 5. The second-order valence-electron chi connectivity index (χ2n) is 14.1. The number of aryl methyl sites for hydroxylation is 1. The maximum atomic E-state index is 11.2. The van der Waals surface area contributed by atoms with Crippen molar-refractivity contribution in [2.24, 2.45) is 28.5 Å². The molecule has 2 saturated carbocycles. The molecule has 47 heavy (non-hydrogen) atoms. The molecule has 8 N–H and O–H groups in total. The summed E-state index contributed by atoms with van der Waals surface area (Å²) in [5, 5.41) is 44.8. The highest BCUT2D eigenvalue weighted by molar-refractivity contribution is 6.03. The summed E-state index contributed by atoms with van der Waals surface area (Å²) in [5.41, 5.74) is 9.30. The first kappa shape index (κ1) is 35.8. The van der Waals surface area contributed by atoms with Crippen LogP contribution in [-0.2, 0) is 6.42 Å². The van der Waals surface area contributed by atoms with Crippen LogP contribution in [0.4, 0.5) is 0 Å². The van der Waals surface area contributed by atoms with Gasteiger partial charge in [-0.3, -0.25) is 0 Å². The van der Waals surface area contributed by atoms with Crippen molar-refractivity contribution in [3.63, 3.8) is 0 Å². The normalized spacial score (nSPS) is 25.2. The first-order valence-electron chi connectivity index (χ1n) is 18.1. The predicted molar refractivity (Wildman–Crippen MR) is 186 cm³/mol. The lowest BCUT2D eigenvalue weighted by Crippen LogP contribution is -2.36. The number of fused-ring (bicyclic) bond motifs is 2. The molecule has 2 aliphatic carbocycles. The van der Waals surface area contributed by atoms with Gasteiger partial charge < -0.3 is 41.0 Å². The van der Waals surface area contributed by atoms with Gasteiger partial charge in [-0.25, -0.2) is 0 Å². The van der Waals surface area contributed by atoms with Crippen LogP contribution in [0, 0.1) is 29.8 Å². The molecule has 2 fully saturated rings. The molecule has 9 heteroatoms. The van der Waals surface area contributed by atoms with E-state index >= 15 is 0 Å². The van der Waals surface area contributed by atoms with Gasteiger partial charge in [0.1, 0.15) is 30.4 Å². The van der Waals surface area contributed by atoms with Crippen LogP contribution in [0.1, 0.15) is 89.5 Å². The number of allylic oxidation sites excluding steroid dienone is 1. The average Bonchev–Trinajstić information content (AvgIpc) is 3.79. The molecule has 0 saturated heterocycles. The molecule has 9 nitrogen and oxygen atoms in total. The predicted octanol–water partition coefficient (Wildman–Crippen LogP) is 4.43. The summed E-state index contributed by atoms with van der Waals surface area (Å²) < 4.78 is 10.9. The maximum Gasteiger partial charge on any atom is 0.208 e. The van der Waals surface area contributed by atoms with Crippen LogP contribution in [0.15, 0.2) is 46.6 Å². The Bertz CT molecular complexity index is 1230. The molecular formula is C38H58N3O6+. The van der Waals surface area contributed by atoms with Crippen LogP contribution in [-0.4, -0.2) is 82.0 Å². The van der Waals surface area contributed by atoms with Crippen LogP contribution in [0.5, 0.6) is 11.5 Å². The minimum Gasteiger partial charge on any atom is -0.504 e. The molecule has 0 bridgehead atoms. The number of phenols is 1. The van der Waals surface area contributed by atoms with Gasteiger partial charge in [-0.2, -0.15) is 0 Å². The number of hydrogen-bond donors (Lipinski definition) is 6. The molecule has 2 aliphatic heterocycles. The molecule has 0 radical (unpaired) electrons. The Morgan fingerprint density at radius 2 is 1.98 bits per heavy atom. The standard InChI is InChI=1S/C38H57N3O6/c1-25(43)21-40-22-32-30-9-7-8-27(30)13-15-33-31(32)20-34(41-33)36(45)24-46-38-18-26(12-16-35(38)44)11-14-29-19-28(23-42)37(47-29)10-5-3-2-4-6-17-39/h12,16,18-20,25,27,30,32,36-37,40,42-43,45,47H,2-11,13-15,17,21-24,39H2,1H3/p+1. The highest BCUT2D eigenvalue weighted by atomic mass is 16.5. The van der Waals surface area contributed by atoms with Crippen molar-refractivity contribution >= 4 is 5.71 Å². The first-order valence-corrected chi connectivity index (χ1v) is 18.1. The molecule has 4 aliphatic rings. The Balaban J connectivity index is 1.12. The molecule has 6 atom stereocenters. The van der Waals surface area contributed by atoms with Crippen molar-refractivity contribution in [1.82, 2.24) is 5.32 Å². The van der Waals surface area contributed by atoms with Crippen molar-refractivity contribution in [2.45, 2.75) is 109 Å². The fourth-order valence-corrected chi connectivity index (χ4v) is 7.94. The molecule has 260 valence electrons. The van der Waals surface area contributed by atoms with Crippen LogP contribution in [0.25, 0.3) is 0 Å². The molecule has 0 aromatic heterocycles. The Hall–Kier alpha value is -2.53. The van der Waals surface area contributed by atoms with Crippen LogP contribution < -0.4 is 15.8 Å². The van der Waals surface area contributed by atoms with Crippen molar-refractivity contribution in [3.05, 3.63) is 59.2 Å². The van der Waals surface area contributed by atoms with Crippen LogP contribution in [0.3, 0.4) is 0 Å². The summed E-state index contributed by atoms with van der Waals surface area (Å²) in [7, 11) is 0. The van der Waals surface area contributed by atoms with Gasteiger partial charge in [-0.05, 0) is 81.5 Å². The zero-order valence-electron chi connectivity index (χ0n) is 28.2. The van der Waals surface area contributed by atoms with Gasteiger partial charge in [0.25, 0.3) is 0 Å². The van der Waals surface area contributed by atoms with Gasteiger partial charge in [0, 0.05) is 32.5 Å². The number of nitrogens with zero attached hydrogens (tertiary/aromatic N) is 1. The summed E-state index contributed by atoms with van der Waals surface area (Å²) in [6.07, 6.45) is 17.8. The zero-order chi connectivity index (χ0) is 33.2. The fraction of sp³-hybridized carbons (Fsp3) is 0.658. The van der Waals surface area contributed by atoms with Gasteiger partial charge in [-0.15, -0.1) is 16.6 Å². The summed E-state index contributed by atoms with van der Waals surface area (Å²) >= 11 is 0. The van der Waals surface area contributed by atoms with Crippen molar-refractivity contribution in [3.8, 4) is 11.5 Å². The molecule has 5 rings (SSSR count). The Morgan fingerprint density at radius 1 is 1.15 bits per heavy atom. The first-order chi connectivity index (χ1) is 22.9. The number of hydrogen-bond acceptors (Lipinski definition) is 8. The summed E-state index contributed by atoms with van der Waals surface area (Å²) in [6, 6.07) is 5.37. The molecule has 2 heterocycles. The van der Waals surface area contributed by atoms with E-state index in [0.717, 1.165) is 81.0 Å². The number of phenolic OH excluding ortho intramolecular Hbond substituents is 1. The van der Waals surface area contributed by atoms with E-state index < -0.39 is 12.2 Å². The lowest BCUT2D eigenvalue weighted by molar-refractivity contribution is -0.0552. The van der Waals surface area contributed by atoms with Gasteiger partial charge >= 0.3 is 0 Å². The summed E-state index contributed by atoms with van der Waals surface area (Å²) in [6.45, 7) is 3.95. The number of aliphatic imine (C=N–C) groups is 1. The number of aromatic hydroxyl groups is 1. The molecule has 0 amide bonds. The second kappa shape index (κ2) is 17.7. The highest BCUT2D eigenvalue weighted by Crippen LogP contribution is 2.48. The van der Waals surface area contributed by atoms with E-state index in [1.165, 1.54) is 44.4 Å². The minimum absolute atomic E-state index is 0.00683.